The zero-order valence-electron chi connectivity index (χ0n) is 7.04. The summed E-state index contributed by atoms with van der Waals surface area (Å²) in [4.78, 5) is 0. The summed E-state index contributed by atoms with van der Waals surface area (Å²) in [6.45, 7) is 6.09. The highest BCUT2D eigenvalue weighted by atomic mass is 32.2. The van der Waals surface area contributed by atoms with Crippen molar-refractivity contribution in [1.82, 2.24) is 0 Å². The first-order chi connectivity index (χ1) is 4.95. The molecule has 1 unspecified atom stereocenters. The summed E-state index contributed by atoms with van der Waals surface area (Å²) in [6, 6.07) is 0. The Morgan fingerprint density at radius 1 is 1.55 bits per heavy atom. The molecule has 0 aromatic carbocycles. The van der Waals surface area contributed by atoms with E-state index in [2.05, 4.69) is 6.92 Å². The van der Waals surface area contributed by atoms with Crippen molar-refractivity contribution in [3.63, 3.8) is 0 Å². The maximum atomic E-state index is 10.7. The second-order valence-corrected chi connectivity index (χ2v) is 4.76. The van der Waals surface area contributed by atoms with Gasteiger partial charge in [-0.25, -0.2) is 8.42 Å². The molecule has 0 fully saturated rings. The lowest BCUT2D eigenvalue weighted by atomic mass is 10.3. The third-order valence-electron chi connectivity index (χ3n) is 1.21. The normalized spacial score (nSPS) is 14.8. The van der Waals surface area contributed by atoms with Gasteiger partial charge < -0.3 is 4.74 Å². The molecule has 11 heavy (non-hydrogen) atoms. The molecule has 0 amide bonds. The summed E-state index contributed by atoms with van der Waals surface area (Å²) >= 11 is 0. The van der Waals surface area contributed by atoms with Crippen LogP contribution < -0.4 is 0 Å². The zero-order valence-corrected chi connectivity index (χ0v) is 7.86. The Kier molecular flexibility index (Phi) is 4.68. The molecule has 1 atom stereocenters. The fraction of sp³-hybridized carbons (Fsp3) is 0.857. The summed E-state index contributed by atoms with van der Waals surface area (Å²) in [7, 11) is -2.86. The van der Waals surface area contributed by atoms with Crippen molar-refractivity contribution in [3.05, 3.63) is 6.92 Å². The topological polar surface area (TPSA) is 43.4 Å². The van der Waals surface area contributed by atoms with Crippen LogP contribution in [0.2, 0.25) is 0 Å². The molecular weight excluding hydrogens is 164 g/mol. The predicted octanol–water partition coefficient (Wildman–Crippen LogP) is 0.660. The predicted molar refractivity (Wildman–Crippen MR) is 45.1 cm³/mol. The molecule has 3 nitrogen and oxygen atoms in total. The van der Waals surface area contributed by atoms with E-state index in [-0.39, 0.29) is 11.9 Å². The molecule has 0 saturated heterocycles. The van der Waals surface area contributed by atoms with E-state index < -0.39 is 9.84 Å². The molecule has 0 aliphatic heterocycles. The molecule has 0 bridgehead atoms. The van der Waals surface area contributed by atoms with Crippen molar-refractivity contribution >= 4 is 9.84 Å². The Morgan fingerprint density at radius 2 is 2.09 bits per heavy atom. The van der Waals surface area contributed by atoms with Gasteiger partial charge in [-0.15, -0.1) is 0 Å². The molecule has 0 rings (SSSR count). The molecule has 4 heteroatoms. The van der Waals surface area contributed by atoms with E-state index in [1.165, 1.54) is 6.26 Å². The van der Waals surface area contributed by atoms with Gasteiger partial charge in [0, 0.05) is 12.9 Å². The number of rotatable bonds is 5. The van der Waals surface area contributed by atoms with Crippen LogP contribution in [0.15, 0.2) is 0 Å². The minimum absolute atomic E-state index is 0.154. The van der Waals surface area contributed by atoms with E-state index in [1.54, 1.807) is 0 Å². The van der Waals surface area contributed by atoms with Crippen LogP contribution in [-0.2, 0) is 14.6 Å². The number of hydrogen-bond acceptors (Lipinski definition) is 3. The molecule has 1 radical (unpaired) electrons. The van der Waals surface area contributed by atoms with Gasteiger partial charge in [-0.2, -0.15) is 0 Å². The van der Waals surface area contributed by atoms with Gasteiger partial charge in [0.2, 0.25) is 0 Å². The van der Waals surface area contributed by atoms with Gasteiger partial charge in [0.25, 0.3) is 0 Å². The molecule has 0 aromatic heterocycles. The minimum atomic E-state index is -2.86. The van der Waals surface area contributed by atoms with Crippen molar-refractivity contribution < 1.29 is 13.2 Å². The zero-order chi connectivity index (χ0) is 8.91. The monoisotopic (exact) mass is 179 g/mol. The van der Waals surface area contributed by atoms with Crippen LogP contribution in [0, 0.1) is 6.92 Å². The van der Waals surface area contributed by atoms with Crippen LogP contribution in [0.5, 0.6) is 0 Å². The average molecular weight is 179 g/mol. The Bertz CT molecular complexity index is 184. The average Bonchev–Trinajstić information content (AvgIpc) is 1.83. The van der Waals surface area contributed by atoms with Crippen LogP contribution in [0.1, 0.15) is 13.3 Å². The summed E-state index contributed by atoms with van der Waals surface area (Å²) < 4.78 is 26.4. The molecule has 0 heterocycles. The quantitative estimate of drug-likeness (QED) is 0.622. The van der Waals surface area contributed by atoms with Gasteiger partial charge in [0.05, 0.1) is 11.9 Å². The summed E-state index contributed by atoms with van der Waals surface area (Å²) in [6.07, 6.45) is 1.49. The maximum Gasteiger partial charge on any atom is 0.147 e. The molecule has 0 N–H and O–H groups in total. The lowest BCUT2D eigenvalue weighted by Crippen LogP contribution is -2.14. The minimum Gasteiger partial charge on any atom is -0.378 e. The summed E-state index contributed by atoms with van der Waals surface area (Å²) in [5.41, 5.74) is 0. The van der Waals surface area contributed by atoms with Crippen molar-refractivity contribution in [3.8, 4) is 0 Å². The standard InChI is InChI=1S/C7H15O3S/c1-4-10-7(2)5-6-11(3,8)9/h7H,2,4-6H2,1,3H3. The van der Waals surface area contributed by atoms with Gasteiger partial charge in [0.15, 0.2) is 0 Å². The first kappa shape index (κ1) is 10.9. The van der Waals surface area contributed by atoms with E-state index in [0.29, 0.717) is 13.0 Å². The van der Waals surface area contributed by atoms with Gasteiger partial charge in [0.1, 0.15) is 9.84 Å². The molecule has 67 valence electrons. The highest BCUT2D eigenvalue weighted by Crippen LogP contribution is 1.98. The van der Waals surface area contributed by atoms with Crippen molar-refractivity contribution in [2.45, 2.75) is 19.4 Å². The Hall–Kier alpha value is -0.0900. The van der Waals surface area contributed by atoms with E-state index >= 15 is 0 Å². The molecular formula is C7H15O3S. The Morgan fingerprint density at radius 3 is 2.45 bits per heavy atom. The highest BCUT2D eigenvalue weighted by Gasteiger charge is 2.06. The second kappa shape index (κ2) is 4.72. The fourth-order valence-electron chi connectivity index (χ4n) is 0.665. The van der Waals surface area contributed by atoms with Crippen LogP contribution in [-0.4, -0.2) is 33.1 Å². The van der Waals surface area contributed by atoms with E-state index in [9.17, 15) is 8.42 Å². The Labute approximate surface area is 68.7 Å². The largest absolute Gasteiger partial charge is 0.378 e. The first-order valence-corrected chi connectivity index (χ1v) is 5.64. The third kappa shape index (κ3) is 7.81. The van der Waals surface area contributed by atoms with Crippen LogP contribution >= 0.6 is 0 Å². The molecule has 0 aliphatic carbocycles. The van der Waals surface area contributed by atoms with Crippen LogP contribution in [0.3, 0.4) is 0 Å². The number of ether oxygens (including phenoxy) is 1. The number of sulfone groups is 1. The van der Waals surface area contributed by atoms with E-state index in [4.69, 9.17) is 4.74 Å². The van der Waals surface area contributed by atoms with Gasteiger partial charge in [-0.3, -0.25) is 0 Å². The SMILES string of the molecule is [CH2]C(CCS(C)(=O)=O)OCC. The smallest absolute Gasteiger partial charge is 0.147 e. The van der Waals surface area contributed by atoms with Gasteiger partial charge in [-0.05, 0) is 20.3 Å². The van der Waals surface area contributed by atoms with Crippen molar-refractivity contribution in [2.75, 3.05) is 18.6 Å². The molecule has 0 aromatic rings. The summed E-state index contributed by atoms with van der Waals surface area (Å²) in [5.74, 6) is 0.154. The lowest BCUT2D eigenvalue weighted by Gasteiger charge is -2.09. The van der Waals surface area contributed by atoms with Crippen LogP contribution in [0.25, 0.3) is 0 Å². The summed E-state index contributed by atoms with van der Waals surface area (Å²) in [5, 5.41) is 0. The van der Waals surface area contributed by atoms with Crippen LogP contribution in [0.4, 0.5) is 0 Å². The van der Waals surface area contributed by atoms with Crippen molar-refractivity contribution in [2.24, 2.45) is 0 Å². The van der Waals surface area contributed by atoms with Gasteiger partial charge in [-0.1, -0.05) is 0 Å². The maximum absolute atomic E-state index is 10.7. The third-order valence-corrected chi connectivity index (χ3v) is 2.19. The molecule has 0 aliphatic rings. The van der Waals surface area contributed by atoms with Crippen molar-refractivity contribution in [1.29, 1.82) is 0 Å². The lowest BCUT2D eigenvalue weighted by molar-refractivity contribution is 0.0924. The second-order valence-electron chi connectivity index (χ2n) is 2.50. The fourth-order valence-corrected chi connectivity index (χ4v) is 1.36. The van der Waals surface area contributed by atoms with E-state index in [0.717, 1.165) is 0 Å². The van der Waals surface area contributed by atoms with Gasteiger partial charge >= 0.3 is 0 Å². The van der Waals surface area contributed by atoms with E-state index in [1.807, 2.05) is 6.92 Å². The highest BCUT2D eigenvalue weighted by molar-refractivity contribution is 7.90. The Balaban J connectivity index is 3.54. The molecule has 0 saturated carbocycles. The first-order valence-electron chi connectivity index (χ1n) is 3.58. The number of hydrogen-bond donors (Lipinski definition) is 0. The molecule has 0 spiro atoms.